The molecule has 0 amide bonds. The second kappa shape index (κ2) is 10.5. The molecule has 0 unspecified atom stereocenters. The van der Waals surface area contributed by atoms with Crippen LogP contribution in [0.15, 0.2) is 84.9 Å². The molecule has 3 nitrogen and oxygen atoms in total. The van der Waals surface area contributed by atoms with E-state index in [0.29, 0.717) is 19.3 Å². The largest absolute Gasteiger partial charge is 0.374 e. The summed E-state index contributed by atoms with van der Waals surface area (Å²) in [6.45, 7) is 1.95. The van der Waals surface area contributed by atoms with Crippen molar-refractivity contribution >= 4 is 0 Å². The highest BCUT2D eigenvalue weighted by molar-refractivity contribution is 5.29. The van der Waals surface area contributed by atoms with Crippen LogP contribution < -0.4 is 5.32 Å². The fourth-order valence-electron chi connectivity index (χ4n) is 3.81. The van der Waals surface area contributed by atoms with Crippen LogP contribution in [0.25, 0.3) is 0 Å². The highest BCUT2D eigenvalue weighted by atomic mass is 19.1. The van der Waals surface area contributed by atoms with Gasteiger partial charge in [0.25, 0.3) is 0 Å². The minimum Gasteiger partial charge on any atom is -0.374 e. The molecule has 1 N–H and O–H groups in total. The van der Waals surface area contributed by atoms with Gasteiger partial charge in [-0.05, 0) is 41.7 Å². The molecule has 1 heterocycles. The van der Waals surface area contributed by atoms with Crippen LogP contribution in [0.4, 0.5) is 4.39 Å². The van der Waals surface area contributed by atoms with Crippen molar-refractivity contribution in [2.45, 2.75) is 37.6 Å². The van der Waals surface area contributed by atoms with Crippen LogP contribution in [-0.4, -0.2) is 25.4 Å². The fraction of sp³-hybridized carbons (Fsp3) is 0.308. The topological polar surface area (TPSA) is 30.5 Å². The summed E-state index contributed by atoms with van der Waals surface area (Å²) in [5.74, 6) is -0.202. The summed E-state index contributed by atoms with van der Waals surface area (Å²) in [5, 5.41) is 3.51. The summed E-state index contributed by atoms with van der Waals surface area (Å²) in [6, 6.07) is 27.6. The van der Waals surface area contributed by atoms with E-state index in [0.717, 1.165) is 36.1 Å². The van der Waals surface area contributed by atoms with Crippen LogP contribution in [0.5, 0.6) is 0 Å². The molecule has 0 radical (unpaired) electrons. The number of benzene rings is 3. The van der Waals surface area contributed by atoms with E-state index >= 15 is 0 Å². The zero-order chi connectivity index (χ0) is 20.6. The van der Waals surface area contributed by atoms with Gasteiger partial charge in [-0.25, -0.2) is 4.39 Å². The molecule has 4 rings (SSSR count). The van der Waals surface area contributed by atoms with Crippen molar-refractivity contribution in [3.8, 4) is 0 Å². The number of halogens is 1. The molecule has 0 spiro atoms. The van der Waals surface area contributed by atoms with Crippen LogP contribution in [0.2, 0.25) is 0 Å². The maximum absolute atomic E-state index is 13.0. The number of hydrogen-bond donors (Lipinski definition) is 1. The van der Waals surface area contributed by atoms with E-state index in [2.05, 4.69) is 29.6 Å². The average Bonchev–Trinajstić information content (AvgIpc) is 2.81. The normalized spacial score (nSPS) is 19.1. The quantitative estimate of drug-likeness (QED) is 0.554. The van der Waals surface area contributed by atoms with E-state index in [1.165, 1.54) is 12.1 Å². The summed E-state index contributed by atoms with van der Waals surface area (Å²) >= 11 is 0. The fourth-order valence-corrected chi connectivity index (χ4v) is 3.81. The Morgan fingerprint density at radius 2 is 1.50 bits per heavy atom. The molecule has 3 aromatic carbocycles. The Hall–Kier alpha value is -2.53. The van der Waals surface area contributed by atoms with E-state index in [1.807, 2.05) is 48.5 Å². The second-order valence-electron chi connectivity index (χ2n) is 7.77. The Labute approximate surface area is 177 Å². The highest BCUT2D eigenvalue weighted by Gasteiger charge is 2.23. The lowest BCUT2D eigenvalue weighted by Crippen LogP contribution is -2.40. The van der Waals surface area contributed by atoms with Crippen LogP contribution in [0.1, 0.15) is 35.6 Å². The van der Waals surface area contributed by atoms with Crippen molar-refractivity contribution in [3.63, 3.8) is 0 Å². The molecular weight excluding hydrogens is 377 g/mol. The van der Waals surface area contributed by atoms with E-state index in [-0.39, 0.29) is 18.0 Å². The number of nitrogens with one attached hydrogen (secondary N) is 1. The van der Waals surface area contributed by atoms with Crippen molar-refractivity contribution in [3.05, 3.63) is 107 Å². The number of rotatable bonds is 8. The number of hydrogen-bond acceptors (Lipinski definition) is 3. The lowest BCUT2D eigenvalue weighted by Gasteiger charge is -2.31. The zero-order valence-electron chi connectivity index (χ0n) is 17.0. The molecule has 1 aliphatic heterocycles. The highest BCUT2D eigenvalue weighted by Crippen LogP contribution is 2.27. The molecule has 2 atom stereocenters. The Kier molecular flexibility index (Phi) is 7.25. The van der Waals surface area contributed by atoms with E-state index < -0.39 is 0 Å². The standard InChI is InChI=1S/C26H28FNO2/c27-23-13-11-20(12-14-23)17-28-24-15-16-25(29-18-24)19-30-26(21-7-3-1-4-8-21)22-9-5-2-6-10-22/h1-14,24-26,28H,15-19H2/t24-,25-/m1/s1. The Bertz CT molecular complexity index is 838. The molecule has 4 heteroatoms. The summed E-state index contributed by atoms with van der Waals surface area (Å²) in [4.78, 5) is 0. The molecule has 3 aromatic rings. The predicted octanol–water partition coefficient (Wildman–Crippen LogP) is 5.27. The first-order chi connectivity index (χ1) is 14.8. The maximum Gasteiger partial charge on any atom is 0.123 e. The lowest BCUT2D eigenvalue weighted by molar-refractivity contribution is -0.0650. The summed E-state index contributed by atoms with van der Waals surface area (Å²) < 4.78 is 25.4. The Morgan fingerprint density at radius 1 is 0.867 bits per heavy atom. The van der Waals surface area contributed by atoms with E-state index in [9.17, 15) is 4.39 Å². The molecule has 0 aliphatic carbocycles. The predicted molar refractivity (Wildman–Crippen MR) is 117 cm³/mol. The first-order valence-corrected chi connectivity index (χ1v) is 10.6. The maximum atomic E-state index is 13.0. The molecule has 1 aliphatic rings. The van der Waals surface area contributed by atoms with Crippen molar-refractivity contribution in [1.82, 2.24) is 5.32 Å². The van der Waals surface area contributed by atoms with Gasteiger partial charge in [0.2, 0.25) is 0 Å². The summed E-state index contributed by atoms with van der Waals surface area (Å²) in [7, 11) is 0. The molecule has 0 bridgehead atoms. The average molecular weight is 406 g/mol. The number of ether oxygens (including phenoxy) is 2. The van der Waals surface area contributed by atoms with Crippen molar-refractivity contribution < 1.29 is 13.9 Å². The minimum atomic E-state index is -0.202. The third-order valence-electron chi connectivity index (χ3n) is 5.53. The van der Waals surface area contributed by atoms with Crippen LogP contribution in [0.3, 0.4) is 0 Å². The van der Waals surface area contributed by atoms with Crippen molar-refractivity contribution in [2.75, 3.05) is 13.2 Å². The molecule has 1 fully saturated rings. The SMILES string of the molecule is Fc1ccc(CN[C@@H]2CC[C@H](COC(c3ccccc3)c3ccccc3)OC2)cc1. The summed E-state index contributed by atoms with van der Waals surface area (Å²) in [5.41, 5.74) is 3.38. The molecule has 0 aromatic heterocycles. The Balaban J connectivity index is 1.27. The van der Waals surface area contributed by atoms with Gasteiger partial charge in [0.05, 0.1) is 19.3 Å². The minimum absolute atomic E-state index is 0.0923. The van der Waals surface area contributed by atoms with Gasteiger partial charge in [-0.1, -0.05) is 72.8 Å². The zero-order valence-corrected chi connectivity index (χ0v) is 17.0. The van der Waals surface area contributed by atoms with Gasteiger partial charge in [-0.3, -0.25) is 0 Å². The first-order valence-electron chi connectivity index (χ1n) is 10.6. The van der Waals surface area contributed by atoms with Crippen LogP contribution >= 0.6 is 0 Å². The van der Waals surface area contributed by atoms with Crippen molar-refractivity contribution in [1.29, 1.82) is 0 Å². The molecule has 0 saturated carbocycles. The second-order valence-corrected chi connectivity index (χ2v) is 7.77. The molecule has 1 saturated heterocycles. The van der Waals surface area contributed by atoms with Gasteiger partial charge in [-0.15, -0.1) is 0 Å². The third kappa shape index (κ3) is 5.76. The van der Waals surface area contributed by atoms with Gasteiger partial charge >= 0.3 is 0 Å². The van der Waals surface area contributed by atoms with E-state index in [4.69, 9.17) is 9.47 Å². The summed E-state index contributed by atoms with van der Waals surface area (Å²) in [6.07, 6.45) is 2.00. The van der Waals surface area contributed by atoms with Crippen LogP contribution in [0, 0.1) is 5.82 Å². The molecule has 30 heavy (non-hydrogen) atoms. The first kappa shape index (κ1) is 20.7. The van der Waals surface area contributed by atoms with Gasteiger partial charge in [-0.2, -0.15) is 0 Å². The smallest absolute Gasteiger partial charge is 0.123 e. The van der Waals surface area contributed by atoms with Crippen molar-refractivity contribution in [2.24, 2.45) is 0 Å². The van der Waals surface area contributed by atoms with Gasteiger partial charge < -0.3 is 14.8 Å². The Morgan fingerprint density at radius 3 is 2.07 bits per heavy atom. The van der Waals surface area contributed by atoms with Gasteiger partial charge in [0.15, 0.2) is 0 Å². The van der Waals surface area contributed by atoms with Gasteiger partial charge in [0.1, 0.15) is 11.9 Å². The van der Waals surface area contributed by atoms with Gasteiger partial charge in [0, 0.05) is 12.6 Å². The van der Waals surface area contributed by atoms with Crippen LogP contribution in [-0.2, 0) is 16.0 Å². The van der Waals surface area contributed by atoms with E-state index in [1.54, 1.807) is 0 Å². The monoisotopic (exact) mass is 405 g/mol. The lowest BCUT2D eigenvalue weighted by atomic mass is 10.0. The third-order valence-corrected chi connectivity index (χ3v) is 5.53. The molecular formula is C26H28FNO2. The molecule has 156 valence electrons.